The molecule has 0 spiro atoms. The molecule has 0 unspecified atom stereocenters. The lowest BCUT2D eigenvalue weighted by Crippen LogP contribution is -2.49. The monoisotopic (exact) mass is 396 g/mol. The first-order valence-electron chi connectivity index (χ1n) is 9.58. The molecule has 146 valence electrons. The van der Waals surface area contributed by atoms with Gasteiger partial charge in [0.15, 0.2) is 0 Å². The lowest BCUT2D eigenvalue weighted by molar-refractivity contribution is 0.168. The molecule has 4 rings (SSSR count). The van der Waals surface area contributed by atoms with Crippen molar-refractivity contribution in [2.45, 2.75) is 25.3 Å². The third kappa shape index (κ3) is 4.43. The number of carbonyl (C=O) groups excluding carboxylic acids is 1. The van der Waals surface area contributed by atoms with Gasteiger partial charge in [0.25, 0.3) is 5.19 Å². The summed E-state index contributed by atoms with van der Waals surface area (Å²) in [5.41, 5.74) is 7.71. The lowest BCUT2D eigenvalue weighted by atomic mass is 10.0. The van der Waals surface area contributed by atoms with Gasteiger partial charge in [0.1, 0.15) is 5.75 Å². The number of amides is 2. The number of ether oxygens (including phenoxy) is 1. The average Bonchev–Trinajstić information content (AvgIpc) is 3.12. The molecule has 1 aromatic heterocycles. The molecule has 0 aliphatic carbocycles. The van der Waals surface area contributed by atoms with Gasteiger partial charge in [-0.05, 0) is 62.2 Å². The normalized spacial score (nSPS) is 14.9. The zero-order valence-electron chi connectivity index (χ0n) is 15.6. The number of hydrogen-bond acceptors (Lipinski definition) is 5. The number of nitrogens with zero attached hydrogens (tertiary/aromatic N) is 2. The van der Waals surface area contributed by atoms with E-state index in [0.29, 0.717) is 11.7 Å². The van der Waals surface area contributed by atoms with Gasteiger partial charge in [0.2, 0.25) is 0 Å². The predicted molar refractivity (Wildman–Crippen MR) is 112 cm³/mol. The summed E-state index contributed by atoms with van der Waals surface area (Å²) in [6, 6.07) is 15.8. The molecule has 0 atom stereocenters. The van der Waals surface area contributed by atoms with E-state index in [2.05, 4.69) is 10.3 Å². The van der Waals surface area contributed by atoms with Crippen molar-refractivity contribution in [2.75, 3.05) is 19.6 Å². The number of thiazole rings is 1. The number of fused-ring (bicyclic) bond motifs is 1. The van der Waals surface area contributed by atoms with E-state index >= 15 is 0 Å². The van der Waals surface area contributed by atoms with E-state index in [9.17, 15) is 4.79 Å². The van der Waals surface area contributed by atoms with Gasteiger partial charge >= 0.3 is 6.03 Å². The zero-order chi connectivity index (χ0) is 19.3. The molecule has 2 aromatic carbocycles. The van der Waals surface area contributed by atoms with Crippen molar-refractivity contribution in [3.8, 4) is 10.9 Å². The minimum Gasteiger partial charge on any atom is -0.431 e. The second kappa shape index (κ2) is 8.58. The molecule has 1 aliphatic rings. The number of aromatic nitrogens is 1. The van der Waals surface area contributed by atoms with Crippen LogP contribution < -0.4 is 15.8 Å². The maximum absolute atomic E-state index is 11.9. The van der Waals surface area contributed by atoms with Crippen molar-refractivity contribution in [1.82, 2.24) is 15.2 Å². The Kier molecular flexibility index (Phi) is 5.73. The van der Waals surface area contributed by atoms with Crippen molar-refractivity contribution in [3.05, 3.63) is 54.1 Å². The maximum Gasteiger partial charge on any atom is 0.315 e. The molecule has 0 bridgehead atoms. The van der Waals surface area contributed by atoms with E-state index < -0.39 is 0 Å². The number of para-hydroxylation sites is 1. The Morgan fingerprint density at radius 2 is 1.93 bits per heavy atom. The zero-order valence-corrected chi connectivity index (χ0v) is 16.5. The van der Waals surface area contributed by atoms with Gasteiger partial charge in [-0.3, -0.25) is 0 Å². The molecule has 28 heavy (non-hydrogen) atoms. The second-order valence-corrected chi connectivity index (χ2v) is 7.95. The fourth-order valence-corrected chi connectivity index (χ4v) is 4.40. The van der Waals surface area contributed by atoms with Gasteiger partial charge in [0, 0.05) is 12.6 Å². The molecule has 1 fully saturated rings. The van der Waals surface area contributed by atoms with Crippen molar-refractivity contribution in [1.29, 1.82) is 0 Å². The highest BCUT2D eigenvalue weighted by Crippen LogP contribution is 2.31. The first-order chi connectivity index (χ1) is 13.7. The van der Waals surface area contributed by atoms with Crippen LogP contribution in [-0.2, 0) is 6.42 Å². The standard InChI is InChI=1S/C21H24N4O2S/c22-20(26)25(16-9-12-23-13-10-16)14-11-15-5-7-17(8-6-15)27-21-24-18-3-1-2-4-19(18)28-21/h1-8,16,23H,9-14H2,(H2,22,26). The molecule has 7 heteroatoms. The van der Waals surface area contributed by atoms with Crippen LogP contribution in [0, 0.1) is 0 Å². The summed E-state index contributed by atoms with van der Waals surface area (Å²) in [5, 5.41) is 3.96. The van der Waals surface area contributed by atoms with Crippen LogP contribution in [0.4, 0.5) is 4.79 Å². The number of rotatable bonds is 6. The van der Waals surface area contributed by atoms with Gasteiger partial charge in [-0.1, -0.05) is 35.6 Å². The van der Waals surface area contributed by atoms with E-state index in [1.54, 1.807) is 0 Å². The van der Waals surface area contributed by atoms with Crippen LogP contribution >= 0.6 is 11.3 Å². The van der Waals surface area contributed by atoms with Crippen LogP contribution in [0.25, 0.3) is 10.2 Å². The van der Waals surface area contributed by atoms with Gasteiger partial charge in [-0.25, -0.2) is 9.78 Å². The number of nitrogens with one attached hydrogen (secondary N) is 1. The Morgan fingerprint density at radius 1 is 1.18 bits per heavy atom. The Bertz CT molecular complexity index is 902. The molecule has 6 nitrogen and oxygen atoms in total. The summed E-state index contributed by atoms with van der Waals surface area (Å²) in [6.45, 7) is 2.51. The summed E-state index contributed by atoms with van der Waals surface area (Å²) in [5.74, 6) is 0.757. The summed E-state index contributed by atoms with van der Waals surface area (Å²) < 4.78 is 7.00. The van der Waals surface area contributed by atoms with Gasteiger partial charge in [0.05, 0.1) is 10.2 Å². The Balaban J connectivity index is 1.36. The van der Waals surface area contributed by atoms with Gasteiger partial charge in [-0.15, -0.1) is 0 Å². The highest BCUT2D eigenvalue weighted by atomic mass is 32.1. The number of piperidine rings is 1. The Morgan fingerprint density at radius 3 is 2.64 bits per heavy atom. The van der Waals surface area contributed by atoms with Gasteiger partial charge in [-0.2, -0.15) is 0 Å². The molecular formula is C21H24N4O2S. The number of primary amides is 1. The third-order valence-electron chi connectivity index (χ3n) is 5.08. The van der Waals surface area contributed by atoms with E-state index in [1.165, 1.54) is 11.3 Å². The van der Waals surface area contributed by atoms with E-state index in [4.69, 9.17) is 10.5 Å². The summed E-state index contributed by atoms with van der Waals surface area (Å²) in [6.07, 6.45) is 2.68. The van der Waals surface area contributed by atoms with Crippen LogP contribution in [0.15, 0.2) is 48.5 Å². The largest absolute Gasteiger partial charge is 0.431 e. The lowest BCUT2D eigenvalue weighted by Gasteiger charge is -2.33. The van der Waals surface area contributed by atoms with E-state index in [0.717, 1.165) is 53.9 Å². The highest BCUT2D eigenvalue weighted by molar-refractivity contribution is 7.20. The molecule has 1 aliphatic heterocycles. The average molecular weight is 397 g/mol. The summed E-state index contributed by atoms with van der Waals surface area (Å²) in [4.78, 5) is 18.2. The van der Waals surface area contributed by atoms with Crippen LogP contribution in [0.5, 0.6) is 10.9 Å². The second-order valence-electron chi connectivity index (χ2n) is 6.96. The Labute approximate surface area is 168 Å². The summed E-state index contributed by atoms with van der Waals surface area (Å²) >= 11 is 1.53. The van der Waals surface area contributed by atoms with E-state index in [-0.39, 0.29) is 12.1 Å². The van der Waals surface area contributed by atoms with Crippen molar-refractivity contribution in [2.24, 2.45) is 5.73 Å². The molecule has 3 N–H and O–H groups in total. The van der Waals surface area contributed by atoms with Crippen LogP contribution in [0.3, 0.4) is 0 Å². The molecule has 1 saturated heterocycles. The van der Waals surface area contributed by atoms with E-state index in [1.807, 2.05) is 53.4 Å². The quantitative estimate of drug-likeness (QED) is 0.665. The number of urea groups is 1. The topological polar surface area (TPSA) is 80.5 Å². The Hall–Kier alpha value is -2.64. The molecule has 0 radical (unpaired) electrons. The van der Waals surface area contributed by atoms with Crippen LogP contribution in [0.2, 0.25) is 0 Å². The van der Waals surface area contributed by atoms with Gasteiger partial charge < -0.3 is 20.7 Å². The number of carbonyl (C=O) groups is 1. The number of hydrogen-bond donors (Lipinski definition) is 2. The fourth-order valence-electron chi connectivity index (χ4n) is 3.56. The maximum atomic E-state index is 11.9. The number of nitrogens with two attached hydrogens (primary N) is 1. The summed E-state index contributed by atoms with van der Waals surface area (Å²) in [7, 11) is 0. The highest BCUT2D eigenvalue weighted by Gasteiger charge is 2.23. The van der Waals surface area contributed by atoms with Crippen molar-refractivity contribution >= 4 is 27.6 Å². The van der Waals surface area contributed by atoms with Crippen molar-refractivity contribution in [3.63, 3.8) is 0 Å². The predicted octanol–water partition coefficient (Wildman–Crippen LogP) is 3.76. The molecule has 3 aromatic rings. The molecule has 2 amide bonds. The SMILES string of the molecule is NC(=O)N(CCc1ccc(Oc2nc3ccccc3s2)cc1)C1CCNCC1. The first-order valence-corrected chi connectivity index (χ1v) is 10.4. The number of benzene rings is 2. The van der Waals surface area contributed by atoms with Crippen LogP contribution in [-0.4, -0.2) is 41.6 Å². The van der Waals surface area contributed by atoms with Crippen molar-refractivity contribution < 1.29 is 9.53 Å². The minimum atomic E-state index is -0.331. The first kappa shape index (κ1) is 18.7. The molecular weight excluding hydrogens is 372 g/mol. The minimum absolute atomic E-state index is 0.236. The third-order valence-corrected chi connectivity index (χ3v) is 5.99. The molecule has 0 saturated carbocycles. The molecule has 2 heterocycles. The van der Waals surface area contributed by atoms with Crippen LogP contribution in [0.1, 0.15) is 18.4 Å². The fraction of sp³-hybridized carbons (Fsp3) is 0.333. The smallest absolute Gasteiger partial charge is 0.315 e.